The molecule has 0 unspecified atom stereocenters. The van der Waals surface area contributed by atoms with E-state index in [9.17, 15) is 9.18 Å². The second-order valence-electron chi connectivity index (χ2n) is 5.65. The fourth-order valence-electron chi connectivity index (χ4n) is 2.42. The SMILES string of the molecule is CCOc1ccc(NC(=O)CN(C)Cc2ccc(OC)c(F)c2)cc1. The molecule has 2 aromatic rings. The monoisotopic (exact) mass is 346 g/mol. The molecule has 1 amide bonds. The number of rotatable bonds is 8. The van der Waals surface area contributed by atoms with E-state index >= 15 is 0 Å². The molecule has 1 N–H and O–H groups in total. The number of ether oxygens (including phenoxy) is 2. The van der Waals surface area contributed by atoms with Gasteiger partial charge in [0.1, 0.15) is 5.75 Å². The van der Waals surface area contributed by atoms with Crippen LogP contribution >= 0.6 is 0 Å². The van der Waals surface area contributed by atoms with Crippen LogP contribution in [0.2, 0.25) is 0 Å². The van der Waals surface area contributed by atoms with E-state index in [4.69, 9.17) is 9.47 Å². The zero-order valence-corrected chi connectivity index (χ0v) is 14.7. The summed E-state index contributed by atoms with van der Waals surface area (Å²) in [6.07, 6.45) is 0. The summed E-state index contributed by atoms with van der Waals surface area (Å²) in [4.78, 5) is 13.9. The van der Waals surface area contributed by atoms with Crippen LogP contribution in [-0.2, 0) is 11.3 Å². The number of carbonyl (C=O) groups excluding carboxylic acids is 1. The summed E-state index contributed by atoms with van der Waals surface area (Å²) in [5.74, 6) is 0.423. The van der Waals surface area contributed by atoms with Gasteiger partial charge in [-0.05, 0) is 55.9 Å². The molecule has 0 fully saturated rings. The Bertz CT molecular complexity index is 704. The first kappa shape index (κ1) is 18.7. The highest BCUT2D eigenvalue weighted by Crippen LogP contribution is 2.19. The molecule has 5 nitrogen and oxygen atoms in total. The summed E-state index contributed by atoms with van der Waals surface area (Å²) in [5.41, 5.74) is 1.48. The van der Waals surface area contributed by atoms with E-state index in [0.29, 0.717) is 18.8 Å². The molecule has 0 aliphatic heterocycles. The van der Waals surface area contributed by atoms with E-state index < -0.39 is 5.82 Å². The molecule has 0 saturated heterocycles. The van der Waals surface area contributed by atoms with Gasteiger partial charge in [0.15, 0.2) is 11.6 Å². The average molecular weight is 346 g/mol. The van der Waals surface area contributed by atoms with Crippen molar-refractivity contribution in [2.24, 2.45) is 0 Å². The number of hydrogen-bond acceptors (Lipinski definition) is 4. The van der Waals surface area contributed by atoms with Crippen molar-refractivity contribution in [3.63, 3.8) is 0 Å². The minimum atomic E-state index is -0.410. The van der Waals surface area contributed by atoms with E-state index in [1.165, 1.54) is 13.2 Å². The van der Waals surface area contributed by atoms with Crippen LogP contribution in [0.25, 0.3) is 0 Å². The van der Waals surface area contributed by atoms with Gasteiger partial charge in [-0.1, -0.05) is 6.07 Å². The van der Waals surface area contributed by atoms with Gasteiger partial charge in [0.2, 0.25) is 5.91 Å². The topological polar surface area (TPSA) is 50.8 Å². The maximum Gasteiger partial charge on any atom is 0.238 e. The summed E-state index contributed by atoms with van der Waals surface area (Å²) in [6.45, 7) is 3.17. The third-order valence-corrected chi connectivity index (χ3v) is 3.53. The Kier molecular flexibility index (Phi) is 6.77. The lowest BCUT2D eigenvalue weighted by molar-refractivity contribution is -0.117. The van der Waals surface area contributed by atoms with Crippen molar-refractivity contribution >= 4 is 11.6 Å². The van der Waals surface area contributed by atoms with Crippen molar-refractivity contribution < 1.29 is 18.7 Å². The zero-order chi connectivity index (χ0) is 18.2. The number of carbonyl (C=O) groups is 1. The maximum atomic E-state index is 13.7. The highest BCUT2D eigenvalue weighted by molar-refractivity contribution is 5.92. The number of benzene rings is 2. The molecule has 2 rings (SSSR count). The summed E-state index contributed by atoms with van der Waals surface area (Å²) < 4.78 is 24.0. The van der Waals surface area contributed by atoms with Gasteiger partial charge in [0.05, 0.1) is 20.3 Å². The summed E-state index contributed by atoms with van der Waals surface area (Å²) in [7, 11) is 3.23. The normalized spacial score (nSPS) is 10.6. The van der Waals surface area contributed by atoms with E-state index in [-0.39, 0.29) is 18.2 Å². The minimum absolute atomic E-state index is 0.138. The number of anilines is 1. The van der Waals surface area contributed by atoms with E-state index in [1.54, 1.807) is 31.3 Å². The van der Waals surface area contributed by atoms with E-state index in [1.807, 2.05) is 24.0 Å². The van der Waals surface area contributed by atoms with Gasteiger partial charge in [-0.3, -0.25) is 9.69 Å². The number of nitrogens with zero attached hydrogens (tertiary/aromatic N) is 1. The molecule has 25 heavy (non-hydrogen) atoms. The second kappa shape index (κ2) is 9.03. The van der Waals surface area contributed by atoms with Crippen LogP contribution in [0.1, 0.15) is 12.5 Å². The summed E-state index contributed by atoms with van der Waals surface area (Å²) in [6, 6.07) is 12.0. The molecule has 0 spiro atoms. The predicted molar refractivity (Wildman–Crippen MR) is 95.5 cm³/mol. The van der Waals surface area contributed by atoms with Crippen LogP contribution in [0.15, 0.2) is 42.5 Å². The maximum absolute atomic E-state index is 13.7. The number of methoxy groups -OCH3 is 1. The first-order valence-corrected chi connectivity index (χ1v) is 8.05. The average Bonchev–Trinajstić information content (AvgIpc) is 2.57. The molecular weight excluding hydrogens is 323 g/mol. The van der Waals surface area contributed by atoms with Crippen LogP contribution in [0.5, 0.6) is 11.5 Å². The minimum Gasteiger partial charge on any atom is -0.494 e. The van der Waals surface area contributed by atoms with Gasteiger partial charge in [-0.25, -0.2) is 4.39 Å². The number of nitrogens with one attached hydrogen (secondary N) is 1. The lowest BCUT2D eigenvalue weighted by Gasteiger charge is -2.17. The predicted octanol–water partition coefficient (Wildman–Crippen LogP) is 3.30. The lowest BCUT2D eigenvalue weighted by Crippen LogP contribution is -2.29. The van der Waals surface area contributed by atoms with Crippen LogP contribution in [0.3, 0.4) is 0 Å². The van der Waals surface area contributed by atoms with E-state index in [2.05, 4.69) is 5.32 Å². The summed E-state index contributed by atoms with van der Waals surface area (Å²) in [5, 5.41) is 2.83. The third-order valence-electron chi connectivity index (χ3n) is 3.53. The largest absolute Gasteiger partial charge is 0.494 e. The smallest absolute Gasteiger partial charge is 0.238 e. The Hall–Kier alpha value is -2.60. The van der Waals surface area contributed by atoms with Gasteiger partial charge in [-0.2, -0.15) is 0 Å². The number of likely N-dealkylation sites (N-methyl/N-ethyl adjacent to an activating group) is 1. The van der Waals surface area contributed by atoms with Crippen molar-refractivity contribution in [3.05, 3.63) is 53.8 Å². The molecule has 0 aliphatic carbocycles. The number of amides is 1. The quantitative estimate of drug-likeness (QED) is 0.797. The Morgan fingerprint density at radius 2 is 1.92 bits per heavy atom. The van der Waals surface area contributed by atoms with Crippen molar-refractivity contribution in [3.8, 4) is 11.5 Å². The molecule has 0 aliphatic rings. The Balaban J connectivity index is 1.86. The van der Waals surface area contributed by atoms with Crippen LogP contribution in [0, 0.1) is 5.82 Å². The highest BCUT2D eigenvalue weighted by Gasteiger charge is 2.10. The van der Waals surface area contributed by atoms with Crippen molar-refractivity contribution in [2.75, 3.05) is 32.6 Å². The first-order valence-electron chi connectivity index (χ1n) is 8.05. The zero-order valence-electron chi connectivity index (χ0n) is 14.7. The van der Waals surface area contributed by atoms with Gasteiger partial charge in [0, 0.05) is 12.2 Å². The van der Waals surface area contributed by atoms with E-state index in [0.717, 1.165) is 11.3 Å². The van der Waals surface area contributed by atoms with Gasteiger partial charge in [-0.15, -0.1) is 0 Å². The van der Waals surface area contributed by atoms with Crippen LogP contribution < -0.4 is 14.8 Å². The fraction of sp³-hybridized carbons (Fsp3) is 0.316. The number of halogens is 1. The standard InChI is InChI=1S/C19H23FN2O3/c1-4-25-16-8-6-15(7-9-16)21-19(23)13-22(2)12-14-5-10-18(24-3)17(20)11-14/h5-11H,4,12-13H2,1-3H3,(H,21,23). The first-order chi connectivity index (χ1) is 12.0. The molecule has 0 aromatic heterocycles. The van der Waals surface area contributed by atoms with Gasteiger partial charge >= 0.3 is 0 Å². The highest BCUT2D eigenvalue weighted by atomic mass is 19.1. The van der Waals surface area contributed by atoms with Gasteiger partial charge < -0.3 is 14.8 Å². The van der Waals surface area contributed by atoms with Crippen molar-refractivity contribution in [1.29, 1.82) is 0 Å². The second-order valence-corrected chi connectivity index (χ2v) is 5.65. The third kappa shape index (κ3) is 5.76. The lowest BCUT2D eigenvalue weighted by atomic mass is 10.2. The molecule has 0 atom stereocenters. The van der Waals surface area contributed by atoms with Gasteiger partial charge in [0.25, 0.3) is 0 Å². The molecule has 0 heterocycles. The van der Waals surface area contributed by atoms with Crippen LogP contribution in [0.4, 0.5) is 10.1 Å². The van der Waals surface area contributed by atoms with Crippen molar-refractivity contribution in [2.45, 2.75) is 13.5 Å². The molecule has 0 saturated carbocycles. The van der Waals surface area contributed by atoms with Crippen molar-refractivity contribution in [1.82, 2.24) is 4.90 Å². The molecule has 2 aromatic carbocycles. The Morgan fingerprint density at radius 3 is 2.52 bits per heavy atom. The number of hydrogen-bond donors (Lipinski definition) is 1. The Labute approximate surface area is 147 Å². The summed E-state index contributed by atoms with van der Waals surface area (Å²) >= 11 is 0. The molecule has 6 heteroatoms. The molecule has 0 radical (unpaired) electrons. The fourth-order valence-corrected chi connectivity index (χ4v) is 2.42. The molecule has 134 valence electrons. The van der Waals surface area contributed by atoms with Crippen LogP contribution in [-0.4, -0.2) is 38.1 Å². The molecule has 0 bridgehead atoms. The molecular formula is C19H23FN2O3. The Morgan fingerprint density at radius 1 is 1.20 bits per heavy atom.